The zero-order valence-electron chi connectivity index (χ0n) is 9.06. The molecule has 0 bridgehead atoms. The second-order valence-corrected chi connectivity index (χ2v) is 5.13. The maximum atomic E-state index is 6.18. The van der Waals surface area contributed by atoms with Gasteiger partial charge in [-0.3, -0.25) is 0 Å². The van der Waals surface area contributed by atoms with E-state index in [2.05, 4.69) is 21.2 Å². The standard InChI is InChI=1S/C12H10BrCl2NO/c1-16-6-7-2-5-10(17-7)8-3-4-9(13)12(15)11(8)14/h2-5,16H,6H2,1H3. The van der Waals surface area contributed by atoms with Crippen LogP contribution in [0.4, 0.5) is 0 Å². The van der Waals surface area contributed by atoms with Crippen LogP contribution in [0.15, 0.2) is 33.2 Å². The fraction of sp³-hybridized carbons (Fsp3) is 0.167. The topological polar surface area (TPSA) is 25.2 Å². The normalized spacial score (nSPS) is 10.8. The number of benzene rings is 1. The van der Waals surface area contributed by atoms with Crippen molar-refractivity contribution in [3.05, 3.63) is 44.5 Å². The molecule has 90 valence electrons. The minimum Gasteiger partial charge on any atom is -0.460 e. The van der Waals surface area contributed by atoms with Crippen LogP contribution in [0.3, 0.4) is 0 Å². The molecule has 2 nitrogen and oxygen atoms in total. The summed E-state index contributed by atoms with van der Waals surface area (Å²) in [6, 6.07) is 7.53. The van der Waals surface area contributed by atoms with Gasteiger partial charge in [-0.15, -0.1) is 0 Å². The number of furan rings is 1. The molecule has 0 unspecified atom stereocenters. The number of hydrogen-bond donors (Lipinski definition) is 1. The summed E-state index contributed by atoms with van der Waals surface area (Å²) in [7, 11) is 1.87. The maximum absolute atomic E-state index is 6.18. The van der Waals surface area contributed by atoms with Gasteiger partial charge in [0.2, 0.25) is 0 Å². The smallest absolute Gasteiger partial charge is 0.135 e. The summed E-state index contributed by atoms with van der Waals surface area (Å²) in [5, 5.41) is 4.01. The first-order chi connectivity index (χ1) is 8.13. The molecule has 0 atom stereocenters. The fourth-order valence-corrected chi connectivity index (χ4v) is 2.38. The third-order valence-corrected chi connectivity index (χ3v) is 4.08. The summed E-state index contributed by atoms with van der Waals surface area (Å²) in [6.45, 7) is 0.682. The van der Waals surface area contributed by atoms with Gasteiger partial charge in [0.15, 0.2) is 0 Å². The second-order valence-electron chi connectivity index (χ2n) is 3.52. The lowest BCUT2D eigenvalue weighted by molar-refractivity contribution is 0.507. The first-order valence-corrected chi connectivity index (χ1v) is 6.55. The van der Waals surface area contributed by atoms with Gasteiger partial charge in [-0.25, -0.2) is 0 Å². The lowest BCUT2D eigenvalue weighted by Gasteiger charge is -2.04. The molecule has 0 aliphatic rings. The van der Waals surface area contributed by atoms with Crippen LogP contribution in [-0.2, 0) is 6.54 Å². The van der Waals surface area contributed by atoms with Gasteiger partial charge in [-0.1, -0.05) is 23.2 Å². The molecule has 1 aromatic heterocycles. The SMILES string of the molecule is CNCc1ccc(-c2ccc(Br)c(Cl)c2Cl)o1. The Morgan fingerprint density at radius 2 is 1.94 bits per heavy atom. The molecule has 2 rings (SSSR count). The summed E-state index contributed by atoms with van der Waals surface area (Å²) in [6.07, 6.45) is 0. The van der Waals surface area contributed by atoms with E-state index in [0.29, 0.717) is 16.6 Å². The number of rotatable bonds is 3. The lowest BCUT2D eigenvalue weighted by Crippen LogP contribution is -2.03. The van der Waals surface area contributed by atoms with Gasteiger partial charge in [0.05, 0.1) is 16.6 Å². The highest BCUT2D eigenvalue weighted by Crippen LogP contribution is 2.38. The number of hydrogen-bond acceptors (Lipinski definition) is 2. The van der Waals surface area contributed by atoms with Gasteiger partial charge in [0.1, 0.15) is 11.5 Å². The minimum atomic E-state index is 0.492. The summed E-state index contributed by atoms with van der Waals surface area (Å²) in [5.41, 5.74) is 0.794. The Labute approximate surface area is 118 Å². The van der Waals surface area contributed by atoms with Crippen LogP contribution in [0.2, 0.25) is 10.0 Å². The minimum absolute atomic E-state index is 0.492. The van der Waals surface area contributed by atoms with E-state index in [-0.39, 0.29) is 0 Å². The van der Waals surface area contributed by atoms with Gasteiger partial charge in [-0.2, -0.15) is 0 Å². The van der Waals surface area contributed by atoms with E-state index < -0.39 is 0 Å². The predicted octanol–water partition coefficient (Wildman–Crippen LogP) is 4.74. The largest absolute Gasteiger partial charge is 0.460 e. The zero-order chi connectivity index (χ0) is 12.4. The monoisotopic (exact) mass is 333 g/mol. The van der Waals surface area contributed by atoms with E-state index in [1.807, 2.05) is 31.3 Å². The number of halogens is 3. The van der Waals surface area contributed by atoms with Crippen LogP contribution in [0.5, 0.6) is 0 Å². The molecule has 1 heterocycles. The molecule has 1 N–H and O–H groups in total. The van der Waals surface area contributed by atoms with Crippen molar-refractivity contribution >= 4 is 39.1 Å². The Balaban J connectivity index is 2.42. The highest BCUT2D eigenvalue weighted by Gasteiger charge is 2.13. The van der Waals surface area contributed by atoms with E-state index in [0.717, 1.165) is 21.6 Å². The summed E-state index contributed by atoms with van der Waals surface area (Å²) in [5.74, 6) is 1.58. The van der Waals surface area contributed by atoms with Crippen molar-refractivity contribution in [2.75, 3.05) is 7.05 Å². The molecule has 2 aromatic rings. The first-order valence-electron chi connectivity index (χ1n) is 5.00. The average molecular weight is 335 g/mol. The third kappa shape index (κ3) is 2.68. The molecule has 0 spiro atoms. The van der Waals surface area contributed by atoms with Gasteiger partial charge in [0.25, 0.3) is 0 Å². The van der Waals surface area contributed by atoms with Gasteiger partial charge < -0.3 is 9.73 Å². The molecule has 0 aliphatic heterocycles. The Morgan fingerprint density at radius 1 is 1.18 bits per heavy atom. The molecule has 1 aromatic carbocycles. The van der Waals surface area contributed by atoms with E-state index in [4.69, 9.17) is 27.6 Å². The second kappa shape index (κ2) is 5.44. The average Bonchev–Trinajstić information content (AvgIpc) is 2.75. The van der Waals surface area contributed by atoms with Gasteiger partial charge >= 0.3 is 0 Å². The van der Waals surface area contributed by atoms with Crippen molar-refractivity contribution < 1.29 is 4.42 Å². The van der Waals surface area contributed by atoms with Gasteiger partial charge in [0, 0.05) is 10.0 Å². The third-order valence-electron chi connectivity index (χ3n) is 2.31. The Morgan fingerprint density at radius 3 is 2.65 bits per heavy atom. The lowest BCUT2D eigenvalue weighted by atomic mass is 10.2. The van der Waals surface area contributed by atoms with Gasteiger partial charge in [-0.05, 0) is 47.2 Å². The molecule has 0 amide bonds. The summed E-state index contributed by atoms with van der Waals surface area (Å²) >= 11 is 15.6. The van der Waals surface area contributed by atoms with E-state index in [1.165, 1.54) is 0 Å². The van der Waals surface area contributed by atoms with E-state index in [1.54, 1.807) is 0 Å². The molecule has 5 heteroatoms. The van der Waals surface area contributed by atoms with E-state index in [9.17, 15) is 0 Å². The van der Waals surface area contributed by atoms with Crippen LogP contribution in [0.25, 0.3) is 11.3 Å². The molecule has 0 saturated heterocycles. The fourth-order valence-electron chi connectivity index (χ4n) is 1.51. The molecule has 0 radical (unpaired) electrons. The van der Waals surface area contributed by atoms with Crippen LogP contribution >= 0.6 is 39.1 Å². The molecule has 0 aliphatic carbocycles. The first kappa shape index (κ1) is 13.0. The van der Waals surface area contributed by atoms with Crippen LogP contribution in [0.1, 0.15) is 5.76 Å². The Kier molecular flexibility index (Phi) is 4.15. The number of nitrogens with one attached hydrogen (secondary N) is 1. The van der Waals surface area contributed by atoms with Crippen LogP contribution < -0.4 is 5.32 Å². The van der Waals surface area contributed by atoms with Crippen molar-refractivity contribution in [2.24, 2.45) is 0 Å². The summed E-state index contributed by atoms with van der Waals surface area (Å²) < 4.78 is 6.44. The van der Waals surface area contributed by atoms with Crippen LogP contribution in [-0.4, -0.2) is 7.05 Å². The maximum Gasteiger partial charge on any atom is 0.135 e. The van der Waals surface area contributed by atoms with Crippen LogP contribution in [0, 0.1) is 0 Å². The molecule has 0 saturated carbocycles. The quantitative estimate of drug-likeness (QED) is 0.820. The van der Waals surface area contributed by atoms with E-state index >= 15 is 0 Å². The molecule has 17 heavy (non-hydrogen) atoms. The molecular formula is C12H10BrCl2NO. The highest BCUT2D eigenvalue weighted by atomic mass is 79.9. The van der Waals surface area contributed by atoms with Crippen molar-refractivity contribution in [1.29, 1.82) is 0 Å². The zero-order valence-corrected chi connectivity index (χ0v) is 12.2. The van der Waals surface area contributed by atoms with Crippen molar-refractivity contribution in [1.82, 2.24) is 5.32 Å². The van der Waals surface area contributed by atoms with Crippen molar-refractivity contribution in [3.63, 3.8) is 0 Å². The Hall–Kier alpha value is -0.480. The van der Waals surface area contributed by atoms with Crippen molar-refractivity contribution in [3.8, 4) is 11.3 Å². The molecular weight excluding hydrogens is 325 g/mol. The van der Waals surface area contributed by atoms with Crippen molar-refractivity contribution in [2.45, 2.75) is 6.54 Å². The highest BCUT2D eigenvalue weighted by molar-refractivity contribution is 9.10. The molecule has 0 fully saturated rings. The Bertz CT molecular complexity index is 539. The summed E-state index contributed by atoms with van der Waals surface area (Å²) in [4.78, 5) is 0. The predicted molar refractivity (Wildman–Crippen MR) is 74.6 cm³/mol.